The summed E-state index contributed by atoms with van der Waals surface area (Å²) in [4.78, 5) is 35.1. The van der Waals surface area contributed by atoms with Crippen molar-refractivity contribution in [2.45, 2.75) is 39.0 Å². The van der Waals surface area contributed by atoms with E-state index in [1.54, 1.807) is 13.8 Å². The number of H-pyrrole nitrogens is 1. The third-order valence-electron chi connectivity index (χ3n) is 3.44. The first-order valence-corrected chi connectivity index (χ1v) is 7.72. The smallest absolute Gasteiger partial charge is 0.254 e. The highest BCUT2D eigenvalue weighted by atomic mass is 32.1. The molecule has 3 rings (SSSR count). The third kappa shape index (κ3) is 3.18. The summed E-state index contributed by atoms with van der Waals surface area (Å²) < 4.78 is 0. The molecule has 1 saturated carbocycles. The number of hydrogen-bond acceptors (Lipinski definition) is 5. The first-order chi connectivity index (χ1) is 10.0. The van der Waals surface area contributed by atoms with Crippen molar-refractivity contribution in [2.75, 3.05) is 5.32 Å². The van der Waals surface area contributed by atoms with Crippen LogP contribution in [0.5, 0.6) is 0 Å². The maximum atomic E-state index is 12.0. The molecule has 1 amide bonds. The fourth-order valence-electron chi connectivity index (χ4n) is 2.19. The van der Waals surface area contributed by atoms with Crippen molar-refractivity contribution in [1.82, 2.24) is 15.0 Å². The standard InChI is InChI=1S/C14H16N4O2S/c1-7-10(13(20)16-8(2)15-7)5-12(19)18-14-17-11(6-21-14)9-3-4-9/h6,9H,3-5H2,1-2H3,(H,15,16,20)(H,17,18,19). The highest BCUT2D eigenvalue weighted by Gasteiger charge is 2.26. The number of carbonyl (C=O) groups is 1. The number of anilines is 1. The summed E-state index contributed by atoms with van der Waals surface area (Å²) in [6, 6.07) is 0. The van der Waals surface area contributed by atoms with E-state index in [1.807, 2.05) is 5.38 Å². The van der Waals surface area contributed by atoms with Gasteiger partial charge in [0.05, 0.1) is 12.1 Å². The molecule has 1 aliphatic rings. The number of rotatable bonds is 4. The van der Waals surface area contributed by atoms with Crippen LogP contribution in [0, 0.1) is 13.8 Å². The Balaban J connectivity index is 1.69. The fourth-order valence-corrected chi connectivity index (χ4v) is 3.00. The number of hydrogen-bond donors (Lipinski definition) is 2. The van der Waals surface area contributed by atoms with Crippen LogP contribution in [0.25, 0.3) is 0 Å². The van der Waals surface area contributed by atoms with Crippen LogP contribution >= 0.6 is 11.3 Å². The van der Waals surface area contributed by atoms with E-state index < -0.39 is 0 Å². The Morgan fingerprint density at radius 3 is 2.86 bits per heavy atom. The van der Waals surface area contributed by atoms with Crippen LogP contribution in [0.4, 0.5) is 5.13 Å². The van der Waals surface area contributed by atoms with Crippen LogP contribution in [-0.4, -0.2) is 20.9 Å². The first-order valence-electron chi connectivity index (χ1n) is 6.84. The molecule has 6 nitrogen and oxygen atoms in total. The van der Waals surface area contributed by atoms with Crippen LogP contribution in [0.1, 0.15) is 41.5 Å². The van der Waals surface area contributed by atoms with E-state index in [0.717, 1.165) is 5.69 Å². The molecule has 0 bridgehead atoms. The van der Waals surface area contributed by atoms with Crippen molar-refractivity contribution < 1.29 is 4.79 Å². The Morgan fingerprint density at radius 1 is 1.43 bits per heavy atom. The quantitative estimate of drug-likeness (QED) is 0.903. The summed E-state index contributed by atoms with van der Waals surface area (Å²) in [6.07, 6.45) is 2.37. The van der Waals surface area contributed by atoms with E-state index in [9.17, 15) is 9.59 Å². The van der Waals surface area contributed by atoms with Gasteiger partial charge in [-0.25, -0.2) is 9.97 Å². The van der Waals surface area contributed by atoms with Crippen molar-refractivity contribution in [2.24, 2.45) is 0 Å². The lowest BCUT2D eigenvalue weighted by Gasteiger charge is -2.05. The highest BCUT2D eigenvalue weighted by Crippen LogP contribution is 2.40. The van der Waals surface area contributed by atoms with E-state index >= 15 is 0 Å². The zero-order valence-corrected chi connectivity index (χ0v) is 12.7. The number of carbonyl (C=O) groups excluding carboxylic acids is 1. The molecule has 1 aliphatic carbocycles. The molecule has 2 aromatic heterocycles. The maximum absolute atomic E-state index is 12.0. The Kier molecular flexibility index (Phi) is 3.59. The Bertz CT molecular complexity index is 746. The summed E-state index contributed by atoms with van der Waals surface area (Å²) in [6.45, 7) is 3.45. The van der Waals surface area contributed by atoms with Gasteiger partial charge >= 0.3 is 0 Å². The molecule has 2 aromatic rings. The normalized spacial score (nSPS) is 14.2. The van der Waals surface area contributed by atoms with Gasteiger partial charge in [-0.1, -0.05) is 0 Å². The van der Waals surface area contributed by atoms with Crippen LogP contribution in [0.2, 0.25) is 0 Å². The zero-order chi connectivity index (χ0) is 15.0. The van der Waals surface area contributed by atoms with Gasteiger partial charge in [-0.15, -0.1) is 11.3 Å². The van der Waals surface area contributed by atoms with Crippen molar-refractivity contribution in [3.05, 3.63) is 38.5 Å². The molecule has 0 unspecified atom stereocenters. The van der Waals surface area contributed by atoms with Gasteiger partial charge in [0.15, 0.2) is 5.13 Å². The van der Waals surface area contributed by atoms with Gasteiger partial charge in [0, 0.05) is 22.6 Å². The number of nitrogens with zero attached hydrogens (tertiary/aromatic N) is 2. The highest BCUT2D eigenvalue weighted by molar-refractivity contribution is 7.13. The molecule has 0 radical (unpaired) electrons. The number of aromatic amines is 1. The molecule has 7 heteroatoms. The van der Waals surface area contributed by atoms with Gasteiger partial charge in [0.25, 0.3) is 5.56 Å². The Labute approximate surface area is 125 Å². The molecule has 0 atom stereocenters. The number of nitrogens with one attached hydrogen (secondary N) is 2. The van der Waals surface area contributed by atoms with Gasteiger partial charge in [-0.05, 0) is 26.7 Å². The Morgan fingerprint density at radius 2 is 2.19 bits per heavy atom. The second-order valence-corrected chi connectivity index (χ2v) is 6.15. The number of thiazole rings is 1. The second-order valence-electron chi connectivity index (χ2n) is 5.29. The third-order valence-corrected chi connectivity index (χ3v) is 4.22. The predicted octanol–water partition coefficient (Wildman–Crippen LogP) is 1.90. The molecule has 1 fully saturated rings. The molecule has 0 aliphatic heterocycles. The van der Waals surface area contributed by atoms with Gasteiger partial charge in [-0.3, -0.25) is 9.59 Å². The number of amides is 1. The van der Waals surface area contributed by atoms with Crippen LogP contribution in [0.3, 0.4) is 0 Å². The molecular formula is C14H16N4O2S. The number of aryl methyl sites for hydroxylation is 2. The van der Waals surface area contributed by atoms with Crippen molar-refractivity contribution in [1.29, 1.82) is 0 Å². The molecule has 0 spiro atoms. The monoisotopic (exact) mass is 304 g/mol. The van der Waals surface area contributed by atoms with E-state index in [1.165, 1.54) is 24.2 Å². The fraction of sp³-hybridized carbons (Fsp3) is 0.429. The van der Waals surface area contributed by atoms with E-state index in [4.69, 9.17) is 0 Å². The topological polar surface area (TPSA) is 87.7 Å². The summed E-state index contributed by atoms with van der Waals surface area (Å²) in [7, 11) is 0. The summed E-state index contributed by atoms with van der Waals surface area (Å²) in [5.41, 5.74) is 1.79. The van der Waals surface area contributed by atoms with E-state index in [2.05, 4.69) is 20.3 Å². The van der Waals surface area contributed by atoms with Crippen molar-refractivity contribution >= 4 is 22.4 Å². The second kappa shape index (κ2) is 5.40. The minimum Gasteiger partial charge on any atom is -0.311 e. The van der Waals surface area contributed by atoms with Crippen molar-refractivity contribution in [3.63, 3.8) is 0 Å². The minimum atomic E-state index is -0.257. The molecule has 2 N–H and O–H groups in total. The average molecular weight is 304 g/mol. The molecular weight excluding hydrogens is 288 g/mol. The van der Waals surface area contributed by atoms with Crippen molar-refractivity contribution in [3.8, 4) is 0 Å². The van der Waals surface area contributed by atoms with E-state index in [0.29, 0.717) is 28.1 Å². The van der Waals surface area contributed by atoms with Crippen LogP contribution in [0.15, 0.2) is 10.2 Å². The summed E-state index contributed by atoms with van der Waals surface area (Å²) in [5.74, 6) is 0.875. The molecule has 0 aromatic carbocycles. The molecule has 0 saturated heterocycles. The van der Waals surface area contributed by atoms with Gasteiger partial charge in [0.2, 0.25) is 5.91 Å². The van der Waals surface area contributed by atoms with Gasteiger partial charge in [-0.2, -0.15) is 0 Å². The lowest BCUT2D eigenvalue weighted by atomic mass is 10.1. The zero-order valence-electron chi connectivity index (χ0n) is 11.9. The van der Waals surface area contributed by atoms with Crippen LogP contribution in [-0.2, 0) is 11.2 Å². The lowest BCUT2D eigenvalue weighted by molar-refractivity contribution is -0.115. The summed E-state index contributed by atoms with van der Waals surface area (Å²) >= 11 is 1.42. The number of aromatic nitrogens is 3. The average Bonchev–Trinajstić information content (AvgIpc) is 3.15. The van der Waals surface area contributed by atoms with Crippen LogP contribution < -0.4 is 10.9 Å². The molecule has 2 heterocycles. The molecule has 110 valence electrons. The summed E-state index contributed by atoms with van der Waals surface area (Å²) in [5, 5.41) is 5.33. The first kappa shape index (κ1) is 13.9. The van der Waals surface area contributed by atoms with E-state index in [-0.39, 0.29) is 17.9 Å². The SMILES string of the molecule is Cc1nc(C)c(CC(=O)Nc2nc(C3CC3)cs2)c(=O)[nH]1. The molecule has 21 heavy (non-hydrogen) atoms. The maximum Gasteiger partial charge on any atom is 0.254 e. The predicted molar refractivity (Wildman–Crippen MR) is 80.8 cm³/mol. The lowest BCUT2D eigenvalue weighted by Crippen LogP contribution is -2.24. The largest absolute Gasteiger partial charge is 0.311 e. The Hall–Kier alpha value is -2.02. The minimum absolute atomic E-state index is 0.00673. The van der Waals surface area contributed by atoms with Gasteiger partial charge in [0.1, 0.15) is 5.82 Å². The van der Waals surface area contributed by atoms with Gasteiger partial charge < -0.3 is 10.3 Å².